The van der Waals surface area contributed by atoms with Gasteiger partial charge in [-0.05, 0) is 42.7 Å². The lowest BCUT2D eigenvalue weighted by atomic mass is 10.0. The Morgan fingerprint density at radius 3 is 2.79 bits per heavy atom. The summed E-state index contributed by atoms with van der Waals surface area (Å²) in [6.45, 7) is 5.44. The molecule has 0 bridgehead atoms. The van der Waals surface area contributed by atoms with Crippen LogP contribution in [0.2, 0.25) is 0 Å². The summed E-state index contributed by atoms with van der Waals surface area (Å²) in [5.74, 6) is 0. The number of aromatic nitrogens is 1. The molecule has 0 radical (unpaired) electrons. The second kappa shape index (κ2) is 6.12. The fourth-order valence-electron chi connectivity index (χ4n) is 3.47. The van der Waals surface area contributed by atoms with Crippen LogP contribution in [0.3, 0.4) is 0 Å². The van der Waals surface area contributed by atoms with Crippen molar-refractivity contribution >= 4 is 22.3 Å². The quantitative estimate of drug-likeness (QED) is 0.597. The van der Waals surface area contributed by atoms with Crippen LogP contribution in [-0.2, 0) is 6.54 Å². The number of nitrogens with zero attached hydrogens (tertiary/aromatic N) is 2. The first-order chi connectivity index (χ1) is 11.8. The van der Waals surface area contributed by atoms with Gasteiger partial charge in [-0.2, -0.15) is 0 Å². The Labute approximate surface area is 143 Å². The maximum absolute atomic E-state index is 4.91. The van der Waals surface area contributed by atoms with Crippen LogP contribution in [0.15, 0.2) is 65.8 Å². The van der Waals surface area contributed by atoms with E-state index in [1.54, 1.807) is 0 Å². The molecule has 0 saturated carbocycles. The van der Waals surface area contributed by atoms with E-state index in [0.717, 1.165) is 25.1 Å². The molecule has 2 nitrogen and oxygen atoms in total. The average Bonchev–Trinajstić information content (AvgIpc) is 3.23. The van der Waals surface area contributed by atoms with Crippen molar-refractivity contribution < 1.29 is 0 Å². The summed E-state index contributed by atoms with van der Waals surface area (Å²) in [5.41, 5.74) is 7.34. The number of rotatable bonds is 4. The molecule has 0 fully saturated rings. The van der Waals surface area contributed by atoms with E-state index in [1.807, 2.05) is 0 Å². The molecule has 0 atom stereocenters. The molecule has 0 saturated heterocycles. The number of fused-ring (bicyclic) bond motifs is 1. The summed E-state index contributed by atoms with van der Waals surface area (Å²) < 4.78 is 2.32. The van der Waals surface area contributed by atoms with Crippen LogP contribution in [-0.4, -0.2) is 10.3 Å². The fourth-order valence-corrected chi connectivity index (χ4v) is 3.47. The molecule has 24 heavy (non-hydrogen) atoms. The maximum atomic E-state index is 4.91. The highest BCUT2D eigenvalue weighted by Gasteiger charge is 2.14. The van der Waals surface area contributed by atoms with Crippen LogP contribution >= 0.6 is 0 Å². The zero-order chi connectivity index (χ0) is 16.5. The number of allylic oxidation sites excluding steroid dienone is 1. The van der Waals surface area contributed by atoms with E-state index in [4.69, 9.17) is 4.99 Å². The smallest absolute Gasteiger partial charge is 0.0670 e. The van der Waals surface area contributed by atoms with Gasteiger partial charge in [-0.3, -0.25) is 4.99 Å². The lowest BCUT2D eigenvalue weighted by Gasteiger charge is -2.05. The van der Waals surface area contributed by atoms with Gasteiger partial charge in [0.1, 0.15) is 0 Å². The molecule has 0 spiro atoms. The molecule has 2 heterocycles. The van der Waals surface area contributed by atoms with Gasteiger partial charge >= 0.3 is 0 Å². The summed E-state index contributed by atoms with van der Waals surface area (Å²) in [5, 5.41) is 1.29. The summed E-state index contributed by atoms with van der Waals surface area (Å²) in [6.07, 6.45) is 6.49. The van der Waals surface area contributed by atoms with Crippen molar-refractivity contribution in [2.24, 2.45) is 4.99 Å². The first-order valence-electron chi connectivity index (χ1n) is 8.69. The van der Waals surface area contributed by atoms with E-state index in [9.17, 15) is 0 Å². The van der Waals surface area contributed by atoms with Gasteiger partial charge < -0.3 is 4.57 Å². The van der Waals surface area contributed by atoms with Crippen LogP contribution in [0, 0.1) is 6.92 Å². The predicted molar refractivity (Wildman–Crippen MR) is 103 cm³/mol. The number of hydrogen-bond acceptors (Lipinski definition) is 1. The Bertz CT molecular complexity index is 957. The molecule has 0 N–H and O–H groups in total. The molecule has 2 aromatic carbocycles. The van der Waals surface area contributed by atoms with Crippen molar-refractivity contribution in [3.63, 3.8) is 0 Å². The first kappa shape index (κ1) is 14.9. The minimum absolute atomic E-state index is 0.912. The van der Waals surface area contributed by atoms with Gasteiger partial charge in [-0.15, -0.1) is 0 Å². The lowest BCUT2D eigenvalue weighted by molar-refractivity contribution is 0.703. The highest BCUT2D eigenvalue weighted by molar-refractivity contribution is 6.08. The van der Waals surface area contributed by atoms with E-state index >= 15 is 0 Å². The minimum Gasteiger partial charge on any atom is -0.347 e. The predicted octanol–water partition coefficient (Wildman–Crippen LogP) is 5.59. The number of benzene rings is 2. The highest BCUT2D eigenvalue weighted by atomic mass is 14.9. The molecule has 0 aliphatic carbocycles. The zero-order valence-corrected chi connectivity index (χ0v) is 14.3. The van der Waals surface area contributed by atoms with Gasteiger partial charge in [0, 0.05) is 35.6 Å². The molecular weight excluding hydrogens is 292 g/mol. The van der Waals surface area contributed by atoms with Crippen LogP contribution in [0.1, 0.15) is 36.5 Å². The maximum Gasteiger partial charge on any atom is 0.0670 e. The molecule has 120 valence electrons. The van der Waals surface area contributed by atoms with E-state index in [1.165, 1.54) is 33.3 Å². The van der Waals surface area contributed by atoms with Crippen molar-refractivity contribution in [2.75, 3.05) is 0 Å². The molecule has 2 heteroatoms. The van der Waals surface area contributed by atoms with Crippen molar-refractivity contribution in [3.05, 3.63) is 77.5 Å². The normalized spacial score (nSPS) is 14.1. The zero-order valence-electron chi connectivity index (χ0n) is 14.3. The number of aryl methyl sites for hydroxylation is 2. The highest BCUT2D eigenvalue weighted by Crippen LogP contribution is 2.28. The van der Waals surface area contributed by atoms with Crippen LogP contribution < -0.4 is 0 Å². The average molecular weight is 314 g/mol. The molecule has 0 amide bonds. The Hall–Kier alpha value is -2.61. The van der Waals surface area contributed by atoms with Crippen molar-refractivity contribution in [1.82, 2.24) is 4.57 Å². The second-order valence-corrected chi connectivity index (χ2v) is 6.45. The summed E-state index contributed by atoms with van der Waals surface area (Å²) in [7, 11) is 0. The van der Waals surface area contributed by atoms with E-state index < -0.39 is 0 Å². The molecule has 1 aromatic heterocycles. The second-order valence-electron chi connectivity index (χ2n) is 6.45. The monoisotopic (exact) mass is 314 g/mol. The van der Waals surface area contributed by atoms with E-state index in [2.05, 4.69) is 79.2 Å². The molecule has 3 aromatic rings. The van der Waals surface area contributed by atoms with Gasteiger partial charge in [-0.25, -0.2) is 0 Å². The van der Waals surface area contributed by atoms with Crippen molar-refractivity contribution in [1.29, 1.82) is 0 Å². The van der Waals surface area contributed by atoms with Crippen molar-refractivity contribution in [3.8, 4) is 0 Å². The molecular formula is C22H22N2. The third kappa shape index (κ3) is 2.58. The largest absolute Gasteiger partial charge is 0.347 e. The van der Waals surface area contributed by atoms with Crippen LogP contribution in [0.4, 0.5) is 0 Å². The number of hydrogen-bond donors (Lipinski definition) is 0. The summed E-state index contributed by atoms with van der Waals surface area (Å²) in [6, 6.07) is 17.4. The first-order valence-corrected chi connectivity index (χ1v) is 8.69. The topological polar surface area (TPSA) is 17.3 Å². The van der Waals surface area contributed by atoms with Crippen molar-refractivity contribution in [2.45, 2.75) is 33.2 Å². The Balaban J connectivity index is 1.67. The molecule has 4 rings (SSSR count). The van der Waals surface area contributed by atoms with E-state index in [0.29, 0.717) is 0 Å². The Kier molecular flexibility index (Phi) is 3.81. The standard InChI is InChI=1S/C22H22N2/c1-3-13-24-14-12-18-15-17(8-11-22(18)24)20-9-10-21(23-20)19-7-5-4-6-16(19)2/h4-9,11-12,14-15H,3,10,13H2,1-2H3. The summed E-state index contributed by atoms with van der Waals surface area (Å²) >= 11 is 0. The molecule has 1 aliphatic heterocycles. The van der Waals surface area contributed by atoms with Gasteiger partial charge in [0.25, 0.3) is 0 Å². The Morgan fingerprint density at radius 1 is 1.08 bits per heavy atom. The third-order valence-electron chi connectivity index (χ3n) is 4.73. The lowest BCUT2D eigenvalue weighted by Crippen LogP contribution is -1.98. The number of aliphatic imine (C=N–C) groups is 1. The molecule has 0 unspecified atom stereocenters. The molecule has 1 aliphatic rings. The van der Waals surface area contributed by atoms with Gasteiger partial charge in [0.15, 0.2) is 0 Å². The fraction of sp³-hybridized carbons (Fsp3) is 0.227. The van der Waals surface area contributed by atoms with Gasteiger partial charge in [0.05, 0.1) is 11.4 Å². The SMILES string of the molecule is CCCn1ccc2cc(C3=CCC(c4ccccc4C)=N3)ccc21. The third-order valence-corrected chi connectivity index (χ3v) is 4.73. The van der Waals surface area contributed by atoms with Gasteiger partial charge in [-0.1, -0.05) is 43.3 Å². The summed E-state index contributed by atoms with van der Waals surface area (Å²) in [4.78, 5) is 4.91. The Morgan fingerprint density at radius 2 is 1.96 bits per heavy atom. The van der Waals surface area contributed by atoms with E-state index in [-0.39, 0.29) is 0 Å². The minimum atomic E-state index is 0.912. The van der Waals surface area contributed by atoms with Crippen LogP contribution in [0.25, 0.3) is 16.6 Å². The van der Waals surface area contributed by atoms with Gasteiger partial charge in [0.2, 0.25) is 0 Å². The van der Waals surface area contributed by atoms with Crippen LogP contribution in [0.5, 0.6) is 0 Å².